The summed E-state index contributed by atoms with van der Waals surface area (Å²) >= 11 is 0. The van der Waals surface area contributed by atoms with E-state index in [9.17, 15) is 0 Å². The van der Waals surface area contributed by atoms with Gasteiger partial charge in [-0.1, -0.05) is 49.1 Å². The summed E-state index contributed by atoms with van der Waals surface area (Å²) in [6.45, 7) is 2.12. The molecule has 0 unspecified atom stereocenters. The minimum Gasteiger partial charge on any atom is -0.0590 e. The van der Waals surface area contributed by atoms with E-state index in [-0.39, 0.29) is 5.89 Å². The van der Waals surface area contributed by atoms with Gasteiger partial charge in [0.1, 0.15) is 0 Å². The Hall–Kier alpha value is -0.780. The van der Waals surface area contributed by atoms with Crippen LogP contribution in [0.1, 0.15) is 76.2 Å². The summed E-state index contributed by atoms with van der Waals surface area (Å²) in [5, 5.41) is 0. The molecule has 98 valence electrons. The Labute approximate surface area is 113 Å². The second-order valence-electron chi connectivity index (χ2n) is 6.53. The van der Waals surface area contributed by atoms with Gasteiger partial charge in [-0.3, -0.25) is 0 Å². The number of hydrogen-bond acceptors (Lipinski definition) is 0. The molecule has 18 heavy (non-hydrogen) atoms. The average Bonchev–Trinajstić information content (AvgIpc) is 2.44. The first-order chi connectivity index (χ1) is 9.12. The van der Waals surface area contributed by atoms with Gasteiger partial charge in [0.2, 0.25) is 0 Å². The summed E-state index contributed by atoms with van der Waals surface area (Å²) in [7, 11) is 0. The molecule has 0 N–H and O–H groups in total. The van der Waals surface area contributed by atoms with Crippen LogP contribution < -0.4 is 0 Å². The van der Waals surface area contributed by atoms with E-state index in [0.29, 0.717) is 5.41 Å². The van der Waals surface area contributed by atoms with E-state index in [4.69, 9.17) is 1.37 Å². The third-order valence-corrected chi connectivity index (χ3v) is 5.29. The highest BCUT2D eigenvalue weighted by molar-refractivity contribution is 5.25. The minimum atomic E-state index is -0.309. The van der Waals surface area contributed by atoms with Crippen molar-refractivity contribution in [1.82, 2.24) is 0 Å². The van der Waals surface area contributed by atoms with Crippen LogP contribution in [0.4, 0.5) is 0 Å². The molecule has 0 atom stereocenters. The van der Waals surface area contributed by atoms with Crippen molar-refractivity contribution in [3.63, 3.8) is 0 Å². The quantitative estimate of drug-likeness (QED) is 0.602. The van der Waals surface area contributed by atoms with Crippen LogP contribution in [0.15, 0.2) is 24.3 Å². The summed E-state index contributed by atoms with van der Waals surface area (Å²) in [6, 6.07) is 8.69. The van der Waals surface area contributed by atoms with Crippen LogP contribution in [0.3, 0.4) is 0 Å². The molecule has 0 aliphatic heterocycles. The molecule has 0 heteroatoms. The van der Waals surface area contributed by atoms with Crippen molar-refractivity contribution in [2.45, 2.75) is 70.6 Å². The fourth-order valence-electron chi connectivity index (χ4n) is 3.96. The Morgan fingerprint density at radius 3 is 2.17 bits per heavy atom. The average molecular weight is 243 g/mol. The van der Waals surface area contributed by atoms with Gasteiger partial charge in [0.15, 0.2) is 0 Å². The molecule has 1 spiro atoms. The minimum absolute atomic E-state index is 0.309. The van der Waals surface area contributed by atoms with E-state index in [1.165, 1.54) is 56.1 Å². The van der Waals surface area contributed by atoms with Gasteiger partial charge < -0.3 is 0 Å². The molecule has 2 saturated carbocycles. The molecule has 2 fully saturated rings. The highest BCUT2D eigenvalue weighted by Crippen LogP contribution is 2.50. The van der Waals surface area contributed by atoms with Gasteiger partial charge >= 0.3 is 0 Å². The molecule has 0 aromatic heterocycles. The van der Waals surface area contributed by atoms with Crippen molar-refractivity contribution < 1.29 is 1.37 Å². The van der Waals surface area contributed by atoms with E-state index in [1.807, 2.05) is 0 Å². The Bertz CT molecular complexity index is 416. The molecule has 0 bridgehead atoms. The normalized spacial score (nSPS) is 26.8. The topological polar surface area (TPSA) is 0 Å². The van der Waals surface area contributed by atoms with E-state index in [0.717, 1.165) is 12.8 Å². The lowest BCUT2D eigenvalue weighted by atomic mass is 9.62. The standard InChI is InChI=1S/C18H26/c1-15-5-7-16(8-6-15)17-9-13-18(14-10-17)11-3-2-4-12-18/h5-8,17H,2-4,9-14H2,1H3/i17D. The zero-order valence-electron chi connectivity index (χ0n) is 12.7. The summed E-state index contributed by atoms with van der Waals surface area (Å²) < 4.78 is 8.83. The fraction of sp³-hybridized carbons (Fsp3) is 0.667. The molecular weight excluding hydrogens is 216 g/mol. The monoisotopic (exact) mass is 243 g/mol. The third-order valence-electron chi connectivity index (χ3n) is 5.29. The van der Waals surface area contributed by atoms with Crippen LogP contribution in [-0.4, -0.2) is 0 Å². The molecule has 3 rings (SSSR count). The lowest BCUT2D eigenvalue weighted by Crippen LogP contribution is -2.29. The highest BCUT2D eigenvalue weighted by atomic mass is 14.4. The summed E-state index contributed by atoms with van der Waals surface area (Å²) in [6.07, 6.45) is 11.8. The van der Waals surface area contributed by atoms with Gasteiger partial charge in [0.05, 0.1) is 0 Å². The molecule has 0 amide bonds. The third kappa shape index (κ3) is 2.48. The lowest BCUT2D eigenvalue weighted by Gasteiger charge is -2.43. The first-order valence-electron chi connectivity index (χ1n) is 8.19. The zero-order valence-corrected chi connectivity index (χ0v) is 11.7. The zero-order chi connectivity index (χ0) is 13.3. The smallest absolute Gasteiger partial charge is 0.0352 e. The van der Waals surface area contributed by atoms with Crippen molar-refractivity contribution in [2.75, 3.05) is 0 Å². The molecule has 0 heterocycles. The van der Waals surface area contributed by atoms with Crippen LogP contribution in [0.5, 0.6) is 0 Å². The molecule has 0 radical (unpaired) electrons. The Morgan fingerprint density at radius 2 is 1.56 bits per heavy atom. The van der Waals surface area contributed by atoms with Gasteiger partial charge in [-0.2, -0.15) is 0 Å². The van der Waals surface area contributed by atoms with E-state index in [2.05, 4.69) is 31.2 Å². The van der Waals surface area contributed by atoms with Gasteiger partial charge in [0.25, 0.3) is 0 Å². The van der Waals surface area contributed by atoms with E-state index in [1.54, 1.807) is 0 Å². The van der Waals surface area contributed by atoms with Crippen LogP contribution in [0.2, 0.25) is 0 Å². The summed E-state index contributed by atoms with van der Waals surface area (Å²) in [4.78, 5) is 0. The van der Waals surface area contributed by atoms with Crippen LogP contribution in [0, 0.1) is 12.3 Å². The summed E-state index contributed by atoms with van der Waals surface area (Å²) in [5.74, 6) is -0.309. The Kier molecular flexibility index (Phi) is 3.12. The van der Waals surface area contributed by atoms with Crippen molar-refractivity contribution >= 4 is 0 Å². The van der Waals surface area contributed by atoms with Crippen LogP contribution >= 0.6 is 0 Å². The Balaban J connectivity index is 1.72. The van der Waals surface area contributed by atoms with Gasteiger partial charge in [-0.15, -0.1) is 0 Å². The van der Waals surface area contributed by atoms with E-state index >= 15 is 0 Å². The molecule has 1 aromatic carbocycles. The number of hydrogen-bond donors (Lipinski definition) is 0. The molecule has 2 aliphatic rings. The van der Waals surface area contributed by atoms with Crippen molar-refractivity contribution in [1.29, 1.82) is 0 Å². The van der Waals surface area contributed by atoms with Crippen molar-refractivity contribution in [3.05, 3.63) is 35.4 Å². The van der Waals surface area contributed by atoms with Crippen molar-refractivity contribution in [2.24, 2.45) is 5.41 Å². The predicted octanol–water partition coefficient (Wildman–Crippen LogP) is 5.60. The number of rotatable bonds is 1. The maximum atomic E-state index is 8.83. The SMILES string of the molecule is [2H]C1(c2ccc(C)cc2)CCC2(CCCCC2)CC1. The molecule has 1 aromatic rings. The second kappa shape index (κ2) is 5.07. The first-order valence-corrected chi connectivity index (χ1v) is 7.69. The predicted molar refractivity (Wildman–Crippen MR) is 77.9 cm³/mol. The maximum absolute atomic E-state index is 8.83. The fourth-order valence-corrected chi connectivity index (χ4v) is 3.96. The molecule has 0 saturated heterocycles. The molecule has 2 aliphatic carbocycles. The number of benzene rings is 1. The van der Waals surface area contributed by atoms with Crippen LogP contribution in [0.25, 0.3) is 0 Å². The second-order valence-corrected chi connectivity index (χ2v) is 6.53. The highest BCUT2D eigenvalue weighted by Gasteiger charge is 2.36. The molecule has 0 nitrogen and oxygen atoms in total. The lowest BCUT2D eigenvalue weighted by molar-refractivity contribution is 0.114. The molecular formula is C18H26. The largest absolute Gasteiger partial charge is 0.0590 e. The first kappa shape index (κ1) is 11.1. The van der Waals surface area contributed by atoms with E-state index < -0.39 is 0 Å². The van der Waals surface area contributed by atoms with Gasteiger partial charge in [-0.25, -0.2) is 0 Å². The maximum Gasteiger partial charge on any atom is 0.0352 e. The number of aryl methyl sites for hydroxylation is 1. The van der Waals surface area contributed by atoms with Crippen LogP contribution in [-0.2, 0) is 0 Å². The van der Waals surface area contributed by atoms with Gasteiger partial charge in [0, 0.05) is 1.37 Å². The summed E-state index contributed by atoms with van der Waals surface area (Å²) in [5.41, 5.74) is 3.16. The Morgan fingerprint density at radius 1 is 0.944 bits per heavy atom. The van der Waals surface area contributed by atoms with Gasteiger partial charge in [-0.05, 0) is 62.3 Å². The van der Waals surface area contributed by atoms with Crippen molar-refractivity contribution in [3.8, 4) is 0 Å².